The fourth-order valence-corrected chi connectivity index (χ4v) is 2.46. The van der Waals surface area contributed by atoms with Crippen LogP contribution in [0.15, 0.2) is 24.3 Å². The molecule has 1 aliphatic rings. The summed E-state index contributed by atoms with van der Waals surface area (Å²) in [5.74, 6) is 0.347. The van der Waals surface area contributed by atoms with Crippen LogP contribution in [0.1, 0.15) is 44.0 Å². The van der Waals surface area contributed by atoms with Gasteiger partial charge in [-0.05, 0) is 51.5 Å². The van der Waals surface area contributed by atoms with Crippen LogP contribution in [0.5, 0.6) is 0 Å². The normalized spacial score (nSPS) is 18.8. The van der Waals surface area contributed by atoms with E-state index in [0.717, 1.165) is 18.7 Å². The molecule has 0 N–H and O–H groups in total. The summed E-state index contributed by atoms with van der Waals surface area (Å²) in [6.07, 6.45) is 1.56. The molecule has 1 aromatic rings. The zero-order valence-corrected chi connectivity index (χ0v) is 11.2. The molecule has 0 bridgehead atoms. The molecule has 3 nitrogen and oxygen atoms in total. The molecule has 1 fully saturated rings. The number of anilines is 1. The number of carbonyl (C=O) groups is 2. The molecule has 3 heteroatoms. The molecule has 18 heavy (non-hydrogen) atoms. The highest BCUT2D eigenvalue weighted by Crippen LogP contribution is 2.30. The predicted molar refractivity (Wildman–Crippen MR) is 72.1 cm³/mol. The summed E-state index contributed by atoms with van der Waals surface area (Å²) in [4.78, 5) is 25.4. The van der Waals surface area contributed by atoms with Crippen LogP contribution >= 0.6 is 0 Å². The number of Topliss-reactive ketones (excluding diaryl/α,β-unsaturated/α-hetero) is 2. The van der Waals surface area contributed by atoms with Crippen molar-refractivity contribution in [3.63, 3.8) is 0 Å². The monoisotopic (exact) mass is 245 g/mol. The van der Waals surface area contributed by atoms with Crippen LogP contribution in [0.2, 0.25) is 0 Å². The first-order chi connectivity index (χ1) is 8.43. The molecule has 1 heterocycles. The molecule has 0 unspecified atom stereocenters. The smallest absolute Gasteiger partial charge is 0.159 e. The highest BCUT2D eigenvalue weighted by molar-refractivity contribution is 5.95. The number of benzene rings is 1. The Labute approximate surface area is 108 Å². The number of ketones is 2. The summed E-state index contributed by atoms with van der Waals surface area (Å²) in [6, 6.07) is 7.51. The van der Waals surface area contributed by atoms with E-state index in [1.807, 2.05) is 38.1 Å². The zero-order valence-electron chi connectivity index (χ0n) is 11.2. The lowest BCUT2D eigenvalue weighted by atomic mass is 9.88. The first-order valence-electron chi connectivity index (χ1n) is 6.35. The minimum atomic E-state index is -0.448. The molecule has 0 aliphatic carbocycles. The molecular weight excluding hydrogens is 226 g/mol. The average molecular weight is 245 g/mol. The predicted octanol–water partition coefficient (Wildman–Crippen LogP) is 2.84. The Morgan fingerprint density at radius 2 is 1.83 bits per heavy atom. The van der Waals surface area contributed by atoms with Crippen molar-refractivity contribution < 1.29 is 9.59 Å². The van der Waals surface area contributed by atoms with Crippen LogP contribution in [0.4, 0.5) is 5.69 Å². The Morgan fingerprint density at radius 1 is 1.22 bits per heavy atom. The summed E-state index contributed by atoms with van der Waals surface area (Å²) < 4.78 is 0. The second-order valence-electron chi connectivity index (χ2n) is 5.34. The summed E-state index contributed by atoms with van der Waals surface area (Å²) in [5.41, 5.74) is 1.27. The van der Waals surface area contributed by atoms with E-state index in [0.29, 0.717) is 12.0 Å². The molecule has 2 rings (SSSR count). The molecule has 1 aromatic carbocycles. The standard InChI is InChI=1S/C15H19NO2/c1-11(17)12-6-8-13(9-7-12)16-10-4-5-14(18)15(16,2)3/h6-9H,4-5,10H2,1-3H3. The number of piperidine rings is 1. The molecule has 0 spiro atoms. The van der Waals surface area contributed by atoms with Crippen molar-refractivity contribution in [2.24, 2.45) is 0 Å². The molecule has 0 saturated carbocycles. The quantitative estimate of drug-likeness (QED) is 0.752. The highest BCUT2D eigenvalue weighted by atomic mass is 16.1. The number of hydrogen-bond acceptors (Lipinski definition) is 3. The van der Waals surface area contributed by atoms with Crippen LogP contribution < -0.4 is 4.90 Å². The van der Waals surface area contributed by atoms with Gasteiger partial charge in [-0.15, -0.1) is 0 Å². The lowest BCUT2D eigenvalue weighted by molar-refractivity contribution is -0.124. The minimum absolute atomic E-state index is 0.0653. The molecule has 1 aliphatic heterocycles. The lowest BCUT2D eigenvalue weighted by Crippen LogP contribution is -2.54. The van der Waals surface area contributed by atoms with Crippen LogP contribution in [0.3, 0.4) is 0 Å². The zero-order chi connectivity index (χ0) is 13.3. The number of nitrogens with zero attached hydrogens (tertiary/aromatic N) is 1. The second-order valence-corrected chi connectivity index (χ2v) is 5.34. The van der Waals surface area contributed by atoms with E-state index in [1.54, 1.807) is 6.92 Å². The number of rotatable bonds is 2. The largest absolute Gasteiger partial charge is 0.359 e. The summed E-state index contributed by atoms with van der Waals surface area (Å²) in [6.45, 7) is 6.38. The van der Waals surface area contributed by atoms with Gasteiger partial charge in [0, 0.05) is 24.2 Å². The molecule has 0 atom stereocenters. The van der Waals surface area contributed by atoms with Gasteiger partial charge in [0.25, 0.3) is 0 Å². The fraction of sp³-hybridized carbons (Fsp3) is 0.467. The minimum Gasteiger partial charge on any atom is -0.359 e. The Hall–Kier alpha value is -1.64. The van der Waals surface area contributed by atoms with Gasteiger partial charge in [0.2, 0.25) is 0 Å². The van der Waals surface area contributed by atoms with Gasteiger partial charge in [0.05, 0.1) is 5.54 Å². The van der Waals surface area contributed by atoms with E-state index in [4.69, 9.17) is 0 Å². The van der Waals surface area contributed by atoms with Gasteiger partial charge in [-0.25, -0.2) is 0 Å². The van der Waals surface area contributed by atoms with E-state index in [9.17, 15) is 9.59 Å². The summed E-state index contributed by atoms with van der Waals surface area (Å²) in [7, 11) is 0. The maximum absolute atomic E-state index is 12.0. The Kier molecular flexibility index (Phi) is 3.24. The molecule has 1 saturated heterocycles. The third-order valence-electron chi connectivity index (χ3n) is 3.73. The SMILES string of the molecule is CC(=O)c1ccc(N2CCCC(=O)C2(C)C)cc1. The first kappa shape index (κ1) is 12.8. The molecule has 96 valence electrons. The Balaban J connectivity index is 2.30. The average Bonchev–Trinajstić information content (AvgIpc) is 2.33. The van der Waals surface area contributed by atoms with Crippen LogP contribution in [-0.4, -0.2) is 23.7 Å². The third kappa shape index (κ3) is 2.17. The van der Waals surface area contributed by atoms with Crippen molar-refractivity contribution in [3.8, 4) is 0 Å². The van der Waals surface area contributed by atoms with Crippen molar-refractivity contribution in [3.05, 3.63) is 29.8 Å². The first-order valence-corrected chi connectivity index (χ1v) is 6.35. The maximum Gasteiger partial charge on any atom is 0.159 e. The molecule has 0 amide bonds. The lowest BCUT2D eigenvalue weighted by Gasteiger charge is -2.42. The fourth-order valence-electron chi connectivity index (χ4n) is 2.46. The van der Waals surface area contributed by atoms with E-state index >= 15 is 0 Å². The van der Waals surface area contributed by atoms with Gasteiger partial charge in [-0.3, -0.25) is 9.59 Å². The van der Waals surface area contributed by atoms with E-state index in [-0.39, 0.29) is 11.6 Å². The Bertz CT molecular complexity index is 474. The van der Waals surface area contributed by atoms with Crippen LogP contribution in [-0.2, 0) is 4.79 Å². The van der Waals surface area contributed by atoms with Crippen molar-refractivity contribution in [2.45, 2.75) is 39.2 Å². The van der Waals surface area contributed by atoms with Crippen LogP contribution in [0.25, 0.3) is 0 Å². The van der Waals surface area contributed by atoms with Gasteiger partial charge >= 0.3 is 0 Å². The van der Waals surface area contributed by atoms with Crippen molar-refractivity contribution in [1.82, 2.24) is 0 Å². The van der Waals surface area contributed by atoms with Gasteiger partial charge in [-0.2, -0.15) is 0 Å². The molecule has 0 aromatic heterocycles. The summed E-state index contributed by atoms with van der Waals surface area (Å²) in [5, 5.41) is 0. The van der Waals surface area contributed by atoms with E-state index in [1.165, 1.54) is 0 Å². The third-order valence-corrected chi connectivity index (χ3v) is 3.73. The molecule has 0 radical (unpaired) electrons. The van der Waals surface area contributed by atoms with Gasteiger partial charge < -0.3 is 4.90 Å². The van der Waals surface area contributed by atoms with E-state index < -0.39 is 5.54 Å². The summed E-state index contributed by atoms with van der Waals surface area (Å²) >= 11 is 0. The van der Waals surface area contributed by atoms with Crippen LogP contribution in [0, 0.1) is 0 Å². The van der Waals surface area contributed by atoms with Crippen molar-refractivity contribution in [2.75, 3.05) is 11.4 Å². The van der Waals surface area contributed by atoms with Gasteiger partial charge in [-0.1, -0.05) is 0 Å². The van der Waals surface area contributed by atoms with Crippen molar-refractivity contribution >= 4 is 17.3 Å². The van der Waals surface area contributed by atoms with Crippen molar-refractivity contribution in [1.29, 1.82) is 0 Å². The number of hydrogen-bond donors (Lipinski definition) is 0. The number of carbonyl (C=O) groups excluding carboxylic acids is 2. The maximum atomic E-state index is 12.0. The van der Waals surface area contributed by atoms with Gasteiger partial charge in [0.15, 0.2) is 11.6 Å². The molecular formula is C15H19NO2. The Morgan fingerprint density at radius 3 is 2.39 bits per heavy atom. The highest BCUT2D eigenvalue weighted by Gasteiger charge is 2.37. The van der Waals surface area contributed by atoms with Gasteiger partial charge in [0.1, 0.15) is 0 Å². The van der Waals surface area contributed by atoms with E-state index in [2.05, 4.69) is 4.90 Å². The second kappa shape index (κ2) is 4.56. The topological polar surface area (TPSA) is 37.4 Å².